The molecule has 3 nitrogen and oxygen atoms in total. The summed E-state index contributed by atoms with van der Waals surface area (Å²) in [7, 11) is 0. The maximum absolute atomic E-state index is 6.07. The second-order valence-electron chi connectivity index (χ2n) is 5.52. The molecule has 0 saturated carbocycles. The Bertz CT molecular complexity index is 419. The van der Waals surface area contributed by atoms with Crippen LogP contribution in [0.3, 0.4) is 0 Å². The molecule has 1 heterocycles. The highest BCUT2D eigenvalue weighted by molar-refractivity contribution is 9.10. The SMILES string of the molecule is CCC(N)Cc1cc(Br)ccc1OCCN1CCCC1. The maximum atomic E-state index is 6.07. The zero-order chi connectivity index (χ0) is 14.4. The Hall–Kier alpha value is -0.580. The molecule has 1 atom stereocenters. The third-order valence-corrected chi connectivity index (χ3v) is 4.39. The van der Waals surface area contributed by atoms with Gasteiger partial charge in [-0.2, -0.15) is 0 Å². The zero-order valence-electron chi connectivity index (χ0n) is 12.3. The highest BCUT2D eigenvalue weighted by Gasteiger charge is 2.12. The molecule has 2 N–H and O–H groups in total. The minimum atomic E-state index is 0.199. The van der Waals surface area contributed by atoms with Gasteiger partial charge in [0.25, 0.3) is 0 Å². The molecule has 0 radical (unpaired) electrons. The van der Waals surface area contributed by atoms with Gasteiger partial charge < -0.3 is 10.5 Å². The van der Waals surface area contributed by atoms with E-state index in [2.05, 4.69) is 33.8 Å². The fourth-order valence-electron chi connectivity index (χ4n) is 2.57. The van der Waals surface area contributed by atoms with Crippen molar-refractivity contribution in [3.05, 3.63) is 28.2 Å². The lowest BCUT2D eigenvalue weighted by Gasteiger charge is -2.18. The number of hydrogen-bond acceptors (Lipinski definition) is 3. The Kier molecular flexibility index (Phi) is 6.33. The number of rotatable bonds is 7. The first-order valence-corrected chi connectivity index (χ1v) is 8.37. The smallest absolute Gasteiger partial charge is 0.122 e. The Morgan fingerprint density at radius 3 is 2.80 bits per heavy atom. The Balaban J connectivity index is 1.91. The van der Waals surface area contributed by atoms with Crippen LogP contribution in [0.1, 0.15) is 31.7 Å². The Morgan fingerprint density at radius 2 is 2.10 bits per heavy atom. The van der Waals surface area contributed by atoms with Crippen molar-refractivity contribution < 1.29 is 4.74 Å². The van der Waals surface area contributed by atoms with Gasteiger partial charge in [0.2, 0.25) is 0 Å². The van der Waals surface area contributed by atoms with Crippen LogP contribution in [0, 0.1) is 0 Å². The van der Waals surface area contributed by atoms with Crippen molar-refractivity contribution in [3.8, 4) is 5.75 Å². The molecule has 0 aliphatic carbocycles. The molecule has 1 aliphatic heterocycles. The number of likely N-dealkylation sites (tertiary alicyclic amines) is 1. The van der Waals surface area contributed by atoms with Crippen LogP contribution in [0.2, 0.25) is 0 Å². The molecular weight excluding hydrogens is 316 g/mol. The first kappa shape index (κ1) is 15.8. The van der Waals surface area contributed by atoms with Crippen LogP contribution in [0.15, 0.2) is 22.7 Å². The van der Waals surface area contributed by atoms with Crippen molar-refractivity contribution in [2.24, 2.45) is 5.73 Å². The number of ether oxygens (including phenoxy) is 1. The molecular formula is C16H25BrN2O. The largest absolute Gasteiger partial charge is 0.492 e. The summed E-state index contributed by atoms with van der Waals surface area (Å²) in [4.78, 5) is 2.47. The summed E-state index contributed by atoms with van der Waals surface area (Å²) in [5.74, 6) is 0.983. The van der Waals surface area contributed by atoms with Crippen LogP contribution in [0.5, 0.6) is 5.75 Å². The molecule has 1 saturated heterocycles. The van der Waals surface area contributed by atoms with Gasteiger partial charge in [-0.3, -0.25) is 4.90 Å². The number of hydrogen-bond donors (Lipinski definition) is 1. The van der Waals surface area contributed by atoms with Crippen molar-refractivity contribution in [2.45, 2.75) is 38.6 Å². The van der Waals surface area contributed by atoms with E-state index in [-0.39, 0.29) is 6.04 Å². The number of halogens is 1. The van der Waals surface area contributed by atoms with E-state index in [0.29, 0.717) is 0 Å². The molecule has 20 heavy (non-hydrogen) atoms. The third-order valence-electron chi connectivity index (χ3n) is 3.89. The molecule has 2 rings (SSSR count). The van der Waals surface area contributed by atoms with Crippen molar-refractivity contribution in [1.82, 2.24) is 4.90 Å². The summed E-state index contributed by atoms with van der Waals surface area (Å²) >= 11 is 3.53. The van der Waals surface area contributed by atoms with Gasteiger partial charge in [0.05, 0.1) is 0 Å². The first-order valence-electron chi connectivity index (χ1n) is 7.58. The number of benzene rings is 1. The fourth-order valence-corrected chi connectivity index (χ4v) is 2.97. The van der Waals surface area contributed by atoms with Crippen LogP contribution in [-0.4, -0.2) is 37.2 Å². The number of nitrogens with two attached hydrogens (primary N) is 1. The van der Waals surface area contributed by atoms with Gasteiger partial charge >= 0.3 is 0 Å². The number of nitrogens with zero attached hydrogens (tertiary/aromatic N) is 1. The fraction of sp³-hybridized carbons (Fsp3) is 0.625. The van der Waals surface area contributed by atoms with Crippen molar-refractivity contribution in [1.29, 1.82) is 0 Å². The van der Waals surface area contributed by atoms with Crippen LogP contribution in [-0.2, 0) is 6.42 Å². The van der Waals surface area contributed by atoms with E-state index in [1.807, 2.05) is 12.1 Å². The van der Waals surface area contributed by atoms with Gasteiger partial charge in [0, 0.05) is 17.1 Å². The average Bonchev–Trinajstić information content (AvgIpc) is 2.94. The lowest BCUT2D eigenvalue weighted by molar-refractivity contribution is 0.236. The first-order chi connectivity index (χ1) is 9.69. The van der Waals surface area contributed by atoms with Crippen molar-refractivity contribution >= 4 is 15.9 Å². The van der Waals surface area contributed by atoms with E-state index < -0.39 is 0 Å². The van der Waals surface area contributed by atoms with Crippen LogP contribution in [0.25, 0.3) is 0 Å². The van der Waals surface area contributed by atoms with Gasteiger partial charge in [-0.25, -0.2) is 0 Å². The predicted molar refractivity (Wildman–Crippen MR) is 87.3 cm³/mol. The van der Waals surface area contributed by atoms with E-state index in [9.17, 15) is 0 Å². The third kappa shape index (κ3) is 4.76. The minimum Gasteiger partial charge on any atom is -0.492 e. The van der Waals surface area contributed by atoms with Crippen LogP contribution >= 0.6 is 15.9 Å². The average molecular weight is 341 g/mol. The molecule has 1 aliphatic rings. The highest BCUT2D eigenvalue weighted by atomic mass is 79.9. The molecule has 0 spiro atoms. The minimum absolute atomic E-state index is 0.199. The lowest BCUT2D eigenvalue weighted by Crippen LogP contribution is -2.25. The standard InChI is InChI=1S/C16H25BrN2O/c1-2-15(18)12-13-11-14(17)5-6-16(13)20-10-9-19-7-3-4-8-19/h5-6,11,15H,2-4,7-10,12,18H2,1H3. The molecule has 112 valence electrons. The second kappa shape index (κ2) is 8.01. The monoisotopic (exact) mass is 340 g/mol. The van der Waals surface area contributed by atoms with Gasteiger partial charge in [0.1, 0.15) is 12.4 Å². The van der Waals surface area contributed by atoms with Crippen LogP contribution < -0.4 is 10.5 Å². The van der Waals surface area contributed by atoms with E-state index in [1.165, 1.54) is 31.5 Å². The maximum Gasteiger partial charge on any atom is 0.122 e. The normalized spacial score (nSPS) is 17.4. The van der Waals surface area contributed by atoms with E-state index >= 15 is 0 Å². The molecule has 0 amide bonds. The topological polar surface area (TPSA) is 38.5 Å². The second-order valence-corrected chi connectivity index (χ2v) is 6.44. The van der Waals surface area contributed by atoms with E-state index in [1.54, 1.807) is 0 Å². The summed E-state index contributed by atoms with van der Waals surface area (Å²) in [5, 5.41) is 0. The lowest BCUT2D eigenvalue weighted by atomic mass is 10.0. The molecule has 1 fully saturated rings. The van der Waals surface area contributed by atoms with E-state index in [4.69, 9.17) is 10.5 Å². The van der Waals surface area contributed by atoms with Crippen LogP contribution in [0.4, 0.5) is 0 Å². The molecule has 0 aromatic heterocycles. The van der Waals surface area contributed by atoms with Gasteiger partial charge in [-0.05, 0) is 62.5 Å². The summed E-state index contributed by atoms with van der Waals surface area (Å²) in [6, 6.07) is 6.41. The molecule has 1 aromatic carbocycles. The molecule has 1 unspecified atom stereocenters. The summed E-state index contributed by atoms with van der Waals surface area (Å²) in [5.41, 5.74) is 7.28. The molecule has 4 heteroatoms. The predicted octanol–water partition coefficient (Wildman–Crippen LogP) is 3.20. The summed E-state index contributed by atoms with van der Waals surface area (Å²) in [6.45, 7) is 6.34. The van der Waals surface area contributed by atoms with Gasteiger partial charge in [0.15, 0.2) is 0 Å². The Labute approximate surface area is 130 Å². The summed E-state index contributed by atoms with van der Waals surface area (Å²) in [6.07, 6.45) is 4.51. The molecule has 1 aromatic rings. The quantitative estimate of drug-likeness (QED) is 0.828. The van der Waals surface area contributed by atoms with E-state index in [0.717, 1.165) is 36.2 Å². The summed E-state index contributed by atoms with van der Waals surface area (Å²) < 4.78 is 7.07. The zero-order valence-corrected chi connectivity index (χ0v) is 13.9. The van der Waals surface area contributed by atoms with Gasteiger partial charge in [-0.15, -0.1) is 0 Å². The van der Waals surface area contributed by atoms with Gasteiger partial charge in [-0.1, -0.05) is 22.9 Å². The van der Waals surface area contributed by atoms with Crippen molar-refractivity contribution in [3.63, 3.8) is 0 Å². The van der Waals surface area contributed by atoms with Crippen molar-refractivity contribution in [2.75, 3.05) is 26.2 Å². The highest BCUT2D eigenvalue weighted by Crippen LogP contribution is 2.25. The Morgan fingerprint density at radius 1 is 1.35 bits per heavy atom. The molecule has 0 bridgehead atoms.